The molecule has 0 bridgehead atoms. The van der Waals surface area contributed by atoms with Gasteiger partial charge < -0.3 is 9.64 Å². The summed E-state index contributed by atoms with van der Waals surface area (Å²) in [6, 6.07) is -0.0471. The number of allylic oxidation sites excluding steroid dienone is 1. The van der Waals surface area contributed by atoms with Crippen molar-refractivity contribution in [1.29, 1.82) is 0 Å². The standard InChI is InChI=1S/C15H22N4O2/c1-21-12-8-13(15-16-10-17-18-15)19(9-12)14(20)7-11-5-3-2-4-6-11/h5,10,12-13H,2-4,6-9H2,1H3,(H,16,17,18)/t12-,13+/m1/s1. The lowest BCUT2D eigenvalue weighted by Gasteiger charge is -2.24. The first-order valence-electron chi connectivity index (χ1n) is 7.63. The van der Waals surface area contributed by atoms with Gasteiger partial charge in [-0.25, -0.2) is 4.98 Å². The molecule has 1 N–H and O–H groups in total. The summed E-state index contributed by atoms with van der Waals surface area (Å²) in [5.41, 5.74) is 1.28. The SMILES string of the molecule is CO[C@@H]1C[C@@H](c2ncn[nH]2)N(C(=O)CC2=CCCCC2)C1. The number of carbonyl (C=O) groups excluding carboxylic acids is 1. The summed E-state index contributed by atoms with van der Waals surface area (Å²) in [4.78, 5) is 18.8. The molecule has 0 spiro atoms. The minimum atomic E-state index is -0.0471. The molecule has 2 heterocycles. The number of nitrogens with one attached hydrogen (secondary N) is 1. The van der Waals surface area contributed by atoms with Crippen molar-refractivity contribution in [3.05, 3.63) is 23.8 Å². The molecule has 0 unspecified atom stereocenters. The van der Waals surface area contributed by atoms with Gasteiger partial charge in [-0.2, -0.15) is 5.10 Å². The van der Waals surface area contributed by atoms with Crippen LogP contribution in [0.1, 0.15) is 50.4 Å². The van der Waals surface area contributed by atoms with Gasteiger partial charge >= 0.3 is 0 Å². The van der Waals surface area contributed by atoms with E-state index in [9.17, 15) is 4.79 Å². The maximum atomic E-state index is 12.6. The third-order valence-corrected chi connectivity index (χ3v) is 4.43. The molecule has 1 aliphatic carbocycles. The number of hydrogen-bond donors (Lipinski definition) is 1. The lowest BCUT2D eigenvalue weighted by molar-refractivity contribution is -0.131. The van der Waals surface area contributed by atoms with Crippen LogP contribution in [0.3, 0.4) is 0 Å². The van der Waals surface area contributed by atoms with Crippen molar-refractivity contribution >= 4 is 5.91 Å². The maximum absolute atomic E-state index is 12.6. The molecule has 3 rings (SSSR count). The van der Waals surface area contributed by atoms with Gasteiger partial charge in [-0.05, 0) is 25.7 Å². The van der Waals surface area contributed by atoms with Crippen molar-refractivity contribution in [2.45, 2.75) is 50.7 Å². The largest absolute Gasteiger partial charge is 0.380 e. The first kappa shape index (κ1) is 14.3. The second-order valence-corrected chi connectivity index (χ2v) is 5.81. The summed E-state index contributed by atoms with van der Waals surface area (Å²) in [5, 5.41) is 6.79. The predicted molar refractivity (Wildman–Crippen MR) is 77.4 cm³/mol. The maximum Gasteiger partial charge on any atom is 0.227 e. The van der Waals surface area contributed by atoms with Crippen LogP contribution in [0.4, 0.5) is 0 Å². The molecule has 2 aliphatic rings. The Labute approximate surface area is 124 Å². The zero-order valence-corrected chi connectivity index (χ0v) is 12.4. The highest BCUT2D eigenvalue weighted by atomic mass is 16.5. The van der Waals surface area contributed by atoms with E-state index in [1.54, 1.807) is 7.11 Å². The molecule has 1 aromatic rings. The van der Waals surface area contributed by atoms with E-state index in [0.717, 1.165) is 25.1 Å². The monoisotopic (exact) mass is 290 g/mol. The number of rotatable bonds is 4. The van der Waals surface area contributed by atoms with Crippen LogP contribution < -0.4 is 0 Å². The highest BCUT2D eigenvalue weighted by Crippen LogP contribution is 2.33. The molecule has 6 nitrogen and oxygen atoms in total. The molecule has 1 fully saturated rings. The van der Waals surface area contributed by atoms with Crippen molar-refractivity contribution < 1.29 is 9.53 Å². The quantitative estimate of drug-likeness (QED) is 0.861. The Morgan fingerprint density at radius 1 is 1.52 bits per heavy atom. The van der Waals surface area contributed by atoms with E-state index >= 15 is 0 Å². The van der Waals surface area contributed by atoms with Gasteiger partial charge in [0.15, 0.2) is 0 Å². The Bertz CT molecular complexity index is 512. The molecule has 1 saturated heterocycles. The van der Waals surface area contributed by atoms with Gasteiger partial charge in [-0.1, -0.05) is 11.6 Å². The van der Waals surface area contributed by atoms with E-state index in [1.165, 1.54) is 24.7 Å². The van der Waals surface area contributed by atoms with Gasteiger partial charge in [0.05, 0.1) is 12.1 Å². The minimum Gasteiger partial charge on any atom is -0.380 e. The molecule has 6 heteroatoms. The number of amides is 1. The molecule has 2 atom stereocenters. The van der Waals surface area contributed by atoms with Gasteiger partial charge in [0, 0.05) is 26.5 Å². The van der Waals surface area contributed by atoms with E-state index in [2.05, 4.69) is 21.3 Å². The van der Waals surface area contributed by atoms with Crippen LogP contribution in [0.2, 0.25) is 0 Å². The normalized spacial score (nSPS) is 26.0. The Balaban J connectivity index is 1.71. The fourth-order valence-electron chi connectivity index (χ4n) is 3.24. The summed E-state index contributed by atoms with van der Waals surface area (Å²) < 4.78 is 5.44. The lowest BCUT2D eigenvalue weighted by Crippen LogP contribution is -2.32. The second kappa shape index (κ2) is 6.39. The first-order valence-corrected chi connectivity index (χ1v) is 7.63. The highest BCUT2D eigenvalue weighted by molar-refractivity contribution is 5.79. The van der Waals surface area contributed by atoms with Crippen LogP contribution in [0.15, 0.2) is 18.0 Å². The number of ether oxygens (including phenoxy) is 1. The summed E-state index contributed by atoms with van der Waals surface area (Å²) in [6.07, 6.45) is 9.70. The van der Waals surface area contributed by atoms with Crippen LogP contribution in [0, 0.1) is 0 Å². The first-order chi connectivity index (χ1) is 10.3. The van der Waals surface area contributed by atoms with Gasteiger partial charge in [-0.3, -0.25) is 9.89 Å². The van der Waals surface area contributed by atoms with Crippen molar-refractivity contribution in [1.82, 2.24) is 20.1 Å². The summed E-state index contributed by atoms with van der Waals surface area (Å²) in [5.74, 6) is 0.921. The van der Waals surface area contributed by atoms with Crippen molar-refractivity contribution in [2.24, 2.45) is 0 Å². The average molecular weight is 290 g/mol. The van der Waals surface area contributed by atoms with E-state index < -0.39 is 0 Å². The number of carbonyl (C=O) groups is 1. The molecule has 0 saturated carbocycles. The third kappa shape index (κ3) is 3.15. The van der Waals surface area contributed by atoms with E-state index in [4.69, 9.17) is 4.74 Å². The smallest absolute Gasteiger partial charge is 0.227 e. The van der Waals surface area contributed by atoms with Crippen LogP contribution >= 0.6 is 0 Å². The zero-order chi connectivity index (χ0) is 14.7. The fourth-order valence-corrected chi connectivity index (χ4v) is 3.24. The summed E-state index contributed by atoms with van der Waals surface area (Å²) in [6.45, 7) is 0.633. The number of nitrogens with zero attached hydrogens (tertiary/aromatic N) is 3. The third-order valence-electron chi connectivity index (χ3n) is 4.43. The van der Waals surface area contributed by atoms with E-state index in [1.807, 2.05) is 4.90 Å². The van der Waals surface area contributed by atoms with Crippen LogP contribution in [0.25, 0.3) is 0 Å². The molecule has 1 aliphatic heterocycles. The van der Waals surface area contributed by atoms with Crippen molar-refractivity contribution in [3.8, 4) is 0 Å². The summed E-state index contributed by atoms with van der Waals surface area (Å²) >= 11 is 0. The van der Waals surface area contributed by atoms with E-state index in [0.29, 0.717) is 13.0 Å². The number of likely N-dealkylation sites (tertiary alicyclic amines) is 1. The fraction of sp³-hybridized carbons (Fsp3) is 0.667. The number of hydrogen-bond acceptors (Lipinski definition) is 4. The molecule has 1 amide bonds. The molecule has 21 heavy (non-hydrogen) atoms. The summed E-state index contributed by atoms with van der Waals surface area (Å²) in [7, 11) is 1.69. The molecule has 114 valence electrons. The number of aromatic amines is 1. The number of aromatic nitrogens is 3. The van der Waals surface area contributed by atoms with Crippen LogP contribution in [-0.4, -0.2) is 45.7 Å². The Hall–Kier alpha value is -1.69. The molecule has 0 radical (unpaired) electrons. The Morgan fingerprint density at radius 2 is 2.43 bits per heavy atom. The second-order valence-electron chi connectivity index (χ2n) is 5.81. The van der Waals surface area contributed by atoms with Crippen LogP contribution in [0.5, 0.6) is 0 Å². The highest BCUT2D eigenvalue weighted by Gasteiger charge is 2.37. The average Bonchev–Trinajstić information content (AvgIpc) is 3.17. The van der Waals surface area contributed by atoms with Crippen molar-refractivity contribution in [3.63, 3.8) is 0 Å². The molecular formula is C15H22N4O2. The van der Waals surface area contributed by atoms with Crippen molar-refractivity contribution in [2.75, 3.05) is 13.7 Å². The zero-order valence-electron chi connectivity index (χ0n) is 12.4. The Kier molecular flexibility index (Phi) is 4.34. The minimum absolute atomic E-state index is 0.0471. The van der Waals surface area contributed by atoms with Gasteiger partial charge in [-0.15, -0.1) is 0 Å². The Morgan fingerprint density at radius 3 is 3.10 bits per heavy atom. The van der Waals surface area contributed by atoms with Gasteiger partial charge in [0.25, 0.3) is 0 Å². The van der Waals surface area contributed by atoms with Gasteiger partial charge in [0.2, 0.25) is 5.91 Å². The van der Waals surface area contributed by atoms with Crippen LogP contribution in [-0.2, 0) is 9.53 Å². The molecule has 0 aromatic carbocycles. The number of methoxy groups -OCH3 is 1. The number of H-pyrrole nitrogens is 1. The van der Waals surface area contributed by atoms with Gasteiger partial charge in [0.1, 0.15) is 12.2 Å². The molecule has 1 aromatic heterocycles. The van der Waals surface area contributed by atoms with E-state index in [-0.39, 0.29) is 18.1 Å². The molecular weight excluding hydrogens is 268 g/mol. The predicted octanol–water partition coefficient (Wildman–Crippen LogP) is 1.98. The topological polar surface area (TPSA) is 71.1 Å². The lowest BCUT2D eigenvalue weighted by atomic mass is 9.97.